The van der Waals surface area contributed by atoms with Crippen LogP contribution in [0.4, 0.5) is 0 Å². The SMILES string of the molecule is CC(C)CCC[C@@H](C)[C@H]1CC[C@H]2[C@@H]3CC=C4CC(OCCCCCCS[C@H]5O[C@H](CO)[C@@H](O)[C@H](O)[C@@H]5O)CC[C@]4(C)[C@H]3CC[C@]12C. The van der Waals surface area contributed by atoms with Crippen LogP contribution in [0.5, 0.6) is 0 Å². The minimum absolute atomic E-state index is 0.369. The summed E-state index contributed by atoms with van der Waals surface area (Å²) in [5.41, 5.74) is 2.03. The first-order valence-electron chi connectivity index (χ1n) is 19.2. The molecule has 46 heavy (non-hydrogen) atoms. The fourth-order valence-electron chi connectivity index (χ4n) is 11.0. The first-order chi connectivity index (χ1) is 22.0. The summed E-state index contributed by atoms with van der Waals surface area (Å²) in [5.74, 6) is 6.10. The molecular formula is C39H68O6S. The Kier molecular flexibility index (Phi) is 13.1. The van der Waals surface area contributed by atoms with E-state index in [1.807, 2.05) is 0 Å². The molecule has 5 rings (SSSR count). The van der Waals surface area contributed by atoms with Gasteiger partial charge in [0.15, 0.2) is 0 Å². The third-order valence-electron chi connectivity index (χ3n) is 13.8. The van der Waals surface area contributed by atoms with Crippen molar-refractivity contribution < 1.29 is 29.9 Å². The fraction of sp³-hybridized carbons (Fsp3) is 0.949. The predicted octanol–water partition coefficient (Wildman–Crippen LogP) is 7.51. The third-order valence-corrected chi connectivity index (χ3v) is 15.0. The summed E-state index contributed by atoms with van der Waals surface area (Å²) in [4.78, 5) is 0. The van der Waals surface area contributed by atoms with Gasteiger partial charge in [0.1, 0.15) is 29.9 Å². The second-order valence-electron chi connectivity index (χ2n) is 17.0. The van der Waals surface area contributed by atoms with Crippen molar-refractivity contribution in [2.45, 2.75) is 167 Å². The van der Waals surface area contributed by atoms with Crippen molar-refractivity contribution in [3.8, 4) is 0 Å². The topological polar surface area (TPSA) is 99.4 Å². The average Bonchev–Trinajstić information content (AvgIpc) is 3.39. The molecule has 266 valence electrons. The number of aliphatic hydroxyl groups is 4. The van der Waals surface area contributed by atoms with E-state index in [-0.39, 0.29) is 6.61 Å². The van der Waals surface area contributed by atoms with Gasteiger partial charge in [-0.25, -0.2) is 0 Å². The Morgan fingerprint density at radius 3 is 2.43 bits per heavy atom. The van der Waals surface area contributed by atoms with Crippen LogP contribution in [0.1, 0.15) is 131 Å². The first kappa shape index (κ1) is 37.1. The lowest BCUT2D eigenvalue weighted by molar-refractivity contribution is -0.205. The number of rotatable bonds is 15. The highest BCUT2D eigenvalue weighted by atomic mass is 32.2. The standard InChI is InChI=1S/C39H68O6S/c1-25(2)11-10-12-26(3)30-15-16-31-29-14-13-27-23-28(17-19-38(27,4)32(29)18-20-39(30,31)5)44-21-8-6-7-9-22-46-37-36(43)35(42)34(41)33(24-40)45-37/h13,25-26,28-37,40-43H,6-12,14-24H2,1-5H3/t26-,28?,29+,30-,31+,32+,33-,34-,35+,36+,37-,38+,39-/m1/s1. The molecule has 1 saturated heterocycles. The summed E-state index contributed by atoms with van der Waals surface area (Å²) in [6.45, 7) is 13.1. The Balaban J connectivity index is 1.02. The van der Waals surface area contributed by atoms with Crippen LogP contribution < -0.4 is 0 Å². The molecule has 0 radical (unpaired) electrons. The number of allylic oxidation sites excluding steroid dienone is 1. The summed E-state index contributed by atoms with van der Waals surface area (Å²) < 4.78 is 12.1. The van der Waals surface area contributed by atoms with Crippen LogP contribution in [0.15, 0.2) is 11.6 Å². The number of ether oxygens (including phenoxy) is 2. The maximum atomic E-state index is 10.2. The van der Waals surface area contributed by atoms with Crippen LogP contribution >= 0.6 is 11.8 Å². The molecule has 4 aliphatic carbocycles. The number of unbranched alkanes of at least 4 members (excludes halogenated alkanes) is 3. The lowest BCUT2D eigenvalue weighted by atomic mass is 9.47. The van der Waals surface area contributed by atoms with Gasteiger partial charge in [0, 0.05) is 6.61 Å². The number of fused-ring (bicyclic) bond motifs is 5. The zero-order valence-corrected chi connectivity index (χ0v) is 30.6. The van der Waals surface area contributed by atoms with E-state index in [2.05, 4.69) is 40.7 Å². The van der Waals surface area contributed by atoms with Gasteiger partial charge in [0.25, 0.3) is 0 Å². The Labute approximate surface area is 284 Å². The zero-order valence-electron chi connectivity index (χ0n) is 29.7. The van der Waals surface area contributed by atoms with Crippen LogP contribution in [0.2, 0.25) is 0 Å². The van der Waals surface area contributed by atoms with E-state index in [0.29, 0.717) is 16.9 Å². The highest BCUT2D eigenvalue weighted by Gasteiger charge is 2.59. The molecule has 3 saturated carbocycles. The van der Waals surface area contributed by atoms with E-state index in [0.717, 1.165) is 80.0 Å². The monoisotopic (exact) mass is 664 g/mol. The molecule has 0 bridgehead atoms. The van der Waals surface area contributed by atoms with E-state index in [9.17, 15) is 20.4 Å². The quantitative estimate of drug-likeness (QED) is 0.106. The molecule has 4 N–H and O–H groups in total. The van der Waals surface area contributed by atoms with Crippen LogP contribution in [0.25, 0.3) is 0 Å². The fourth-order valence-corrected chi connectivity index (χ4v) is 12.2. The smallest absolute Gasteiger partial charge is 0.132 e. The largest absolute Gasteiger partial charge is 0.394 e. The Bertz CT molecular complexity index is 988. The van der Waals surface area contributed by atoms with Gasteiger partial charge in [-0.3, -0.25) is 0 Å². The molecule has 5 aliphatic rings. The normalized spacial score (nSPS) is 43.1. The van der Waals surface area contributed by atoms with Gasteiger partial charge in [-0.2, -0.15) is 0 Å². The minimum Gasteiger partial charge on any atom is -0.394 e. The molecule has 1 aliphatic heterocycles. The molecule has 0 aromatic rings. The Morgan fingerprint density at radius 2 is 1.67 bits per heavy atom. The van der Waals surface area contributed by atoms with Crippen LogP contribution in [-0.4, -0.2) is 75.3 Å². The predicted molar refractivity (Wildman–Crippen MR) is 187 cm³/mol. The third kappa shape index (κ3) is 7.92. The van der Waals surface area contributed by atoms with E-state index in [1.165, 1.54) is 76.0 Å². The molecule has 0 aromatic carbocycles. The number of aliphatic hydroxyl groups excluding tert-OH is 4. The second kappa shape index (κ2) is 16.2. The number of hydrogen-bond acceptors (Lipinski definition) is 7. The zero-order chi connectivity index (χ0) is 33.1. The molecule has 13 atom stereocenters. The average molecular weight is 665 g/mol. The van der Waals surface area contributed by atoms with Crippen molar-refractivity contribution in [3.63, 3.8) is 0 Å². The van der Waals surface area contributed by atoms with E-state index in [4.69, 9.17) is 9.47 Å². The Morgan fingerprint density at radius 1 is 0.891 bits per heavy atom. The van der Waals surface area contributed by atoms with Gasteiger partial charge < -0.3 is 29.9 Å². The van der Waals surface area contributed by atoms with Crippen molar-refractivity contribution >= 4 is 11.8 Å². The van der Waals surface area contributed by atoms with Crippen LogP contribution in [0.3, 0.4) is 0 Å². The summed E-state index contributed by atoms with van der Waals surface area (Å²) in [6.07, 6.45) is 17.7. The first-order valence-corrected chi connectivity index (χ1v) is 20.3. The maximum Gasteiger partial charge on any atom is 0.132 e. The maximum absolute atomic E-state index is 10.2. The second-order valence-corrected chi connectivity index (χ2v) is 18.2. The van der Waals surface area contributed by atoms with Gasteiger partial charge in [0.2, 0.25) is 0 Å². The van der Waals surface area contributed by atoms with Gasteiger partial charge >= 0.3 is 0 Å². The van der Waals surface area contributed by atoms with Crippen LogP contribution in [0, 0.1) is 46.3 Å². The van der Waals surface area contributed by atoms with E-state index >= 15 is 0 Å². The number of hydrogen-bond donors (Lipinski definition) is 4. The Hall–Kier alpha value is -0.150. The molecular weight excluding hydrogens is 596 g/mol. The molecule has 0 aromatic heterocycles. The highest BCUT2D eigenvalue weighted by Crippen LogP contribution is 2.67. The van der Waals surface area contributed by atoms with Gasteiger partial charge in [-0.15, -0.1) is 11.8 Å². The van der Waals surface area contributed by atoms with Crippen molar-refractivity contribution in [2.75, 3.05) is 19.0 Å². The molecule has 1 heterocycles. The van der Waals surface area contributed by atoms with Gasteiger partial charge in [0.05, 0.1) is 12.7 Å². The highest BCUT2D eigenvalue weighted by molar-refractivity contribution is 7.99. The summed E-state index contributed by atoms with van der Waals surface area (Å²) in [7, 11) is 0. The summed E-state index contributed by atoms with van der Waals surface area (Å²) >= 11 is 1.45. The van der Waals surface area contributed by atoms with Crippen molar-refractivity contribution in [3.05, 3.63) is 11.6 Å². The van der Waals surface area contributed by atoms with Crippen molar-refractivity contribution in [2.24, 2.45) is 46.3 Å². The lowest BCUT2D eigenvalue weighted by Gasteiger charge is -2.58. The molecule has 0 amide bonds. The van der Waals surface area contributed by atoms with Gasteiger partial charge in [-0.05, 0) is 116 Å². The molecule has 4 fully saturated rings. The van der Waals surface area contributed by atoms with E-state index in [1.54, 1.807) is 5.57 Å². The summed E-state index contributed by atoms with van der Waals surface area (Å²) in [5, 5.41) is 39.5. The minimum atomic E-state index is -1.29. The van der Waals surface area contributed by atoms with Crippen molar-refractivity contribution in [1.29, 1.82) is 0 Å². The molecule has 1 unspecified atom stereocenters. The van der Waals surface area contributed by atoms with Crippen molar-refractivity contribution in [1.82, 2.24) is 0 Å². The number of thioether (sulfide) groups is 1. The van der Waals surface area contributed by atoms with Gasteiger partial charge in [-0.1, -0.05) is 78.4 Å². The van der Waals surface area contributed by atoms with Crippen LogP contribution in [-0.2, 0) is 9.47 Å². The van der Waals surface area contributed by atoms with E-state index < -0.39 is 29.9 Å². The molecule has 7 heteroatoms. The molecule has 6 nitrogen and oxygen atoms in total. The summed E-state index contributed by atoms with van der Waals surface area (Å²) in [6, 6.07) is 0. The lowest BCUT2D eigenvalue weighted by Crippen LogP contribution is -2.57. The molecule has 0 spiro atoms.